The molecule has 0 amide bonds. The zero-order valence-electron chi connectivity index (χ0n) is 16.3. The molecule has 0 spiro atoms. The fraction of sp³-hybridized carbons (Fsp3) is 0.192. The van der Waals surface area contributed by atoms with Crippen LogP contribution < -0.4 is 0 Å². The van der Waals surface area contributed by atoms with Gasteiger partial charge in [0.2, 0.25) is 0 Å². The lowest BCUT2D eigenvalue weighted by Crippen LogP contribution is -2.15. The van der Waals surface area contributed by atoms with Crippen molar-refractivity contribution in [1.82, 2.24) is 4.98 Å². The maximum absolute atomic E-state index is 4.87. The SMILES string of the molecule is Cc1cc(C)cc(-c2cc3c(cn2)-c2c(ccc4ccccc24)C3(C)C)c1. The number of nitrogens with zero attached hydrogens (tertiary/aromatic N) is 1. The van der Waals surface area contributed by atoms with Crippen LogP contribution in [-0.4, -0.2) is 4.98 Å². The molecule has 0 saturated heterocycles. The van der Waals surface area contributed by atoms with Gasteiger partial charge in [0, 0.05) is 22.7 Å². The van der Waals surface area contributed by atoms with Crippen molar-refractivity contribution >= 4 is 10.8 Å². The maximum atomic E-state index is 4.87. The van der Waals surface area contributed by atoms with E-state index >= 15 is 0 Å². The first kappa shape index (κ1) is 16.3. The van der Waals surface area contributed by atoms with E-state index in [4.69, 9.17) is 4.98 Å². The lowest BCUT2D eigenvalue weighted by molar-refractivity contribution is 0.660. The summed E-state index contributed by atoms with van der Waals surface area (Å²) in [6.07, 6.45) is 2.09. The van der Waals surface area contributed by atoms with Gasteiger partial charge in [-0.05, 0) is 59.5 Å². The highest BCUT2D eigenvalue weighted by Gasteiger charge is 2.36. The van der Waals surface area contributed by atoms with E-state index in [-0.39, 0.29) is 5.41 Å². The van der Waals surface area contributed by atoms with E-state index in [0.717, 1.165) is 5.69 Å². The highest BCUT2D eigenvalue weighted by molar-refractivity contribution is 6.02. The molecule has 0 N–H and O–H groups in total. The molecule has 0 radical (unpaired) electrons. The lowest BCUT2D eigenvalue weighted by Gasteiger charge is -2.22. The molecule has 1 aliphatic carbocycles. The lowest BCUT2D eigenvalue weighted by atomic mass is 9.82. The Kier molecular flexibility index (Phi) is 3.33. The van der Waals surface area contributed by atoms with E-state index in [9.17, 15) is 0 Å². The quantitative estimate of drug-likeness (QED) is 0.367. The van der Waals surface area contributed by atoms with Gasteiger partial charge in [0.05, 0.1) is 5.69 Å². The predicted molar refractivity (Wildman–Crippen MR) is 114 cm³/mol. The third-order valence-electron chi connectivity index (χ3n) is 5.97. The van der Waals surface area contributed by atoms with Gasteiger partial charge in [-0.1, -0.05) is 67.4 Å². The van der Waals surface area contributed by atoms with E-state index in [1.807, 2.05) is 0 Å². The first-order valence-corrected chi connectivity index (χ1v) is 9.57. The Hall–Kier alpha value is -2.93. The molecule has 4 aromatic rings. The monoisotopic (exact) mass is 349 g/mol. The number of rotatable bonds is 1. The van der Waals surface area contributed by atoms with Crippen molar-refractivity contribution in [1.29, 1.82) is 0 Å². The van der Waals surface area contributed by atoms with Gasteiger partial charge in [-0.3, -0.25) is 4.98 Å². The second-order valence-electron chi connectivity index (χ2n) is 8.33. The Morgan fingerprint density at radius 2 is 1.52 bits per heavy atom. The van der Waals surface area contributed by atoms with Gasteiger partial charge < -0.3 is 0 Å². The van der Waals surface area contributed by atoms with Crippen molar-refractivity contribution in [2.24, 2.45) is 0 Å². The third kappa shape index (κ3) is 2.35. The van der Waals surface area contributed by atoms with Crippen molar-refractivity contribution in [3.05, 3.63) is 89.1 Å². The molecular formula is C26H23N. The van der Waals surface area contributed by atoms with Gasteiger partial charge in [0.1, 0.15) is 0 Å². The Morgan fingerprint density at radius 3 is 2.30 bits per heavy atom. The molecule has 0 fully saturated rings. The van der Waals surface area contributed by atoms with Gasteiger partial charge in [-0.15, -0.1) is 0 Å². The summed E-state index contributed by atoms with van der Waals surface area (Å²) in [5.74, 6) is 0. The second-order valence-corrected chi connectivity index (χ2v) is 8.33. The molecule has 0 unspecified atom stereocenters. The molecule has 1 nitrogen and oxygen atoms in total. The average molecular weight is 349 g/mol. The molecule has 1 heteroatoms. The number of hydrogen-bond acceptors (Lipinski definition) is 1. The number of hydrogen-bond donors (Lipinski definition) is 0. The highest BCUT2D eigenvalue weighted by atomic mass is 14.7. The summed E-state index contributed by atoms with van der Waals surface area (Å²) < 4.78 is 0. The minimum Gasteiger partial charge on any atom is -0.256 e. The number of aromatic nitrogens is 1. The molecule has 1 aromatic heterocycles. The maximum Gasteiger partial charge on any atom is 0.0705 e. The molecule has 27 heavy (non-hydrogen) atoms. The standard InChI is InChI=1S/C26H23N/c1-16-11-17(2)13-19(12-16)24-14-23-21(15-27-24)25-20-8-6-5-7-18(20)9-10-22(25)26(23,3)4/h5-15H,1-4H3. The largest absolute Gasteiger partial charge is 0.256 e. The van der Waals surface area contributed by atoms with Crippen molar-refractivity contribution in [2.45, 2.75) is 33.1 Å². The molecule has 5 rings (SSSR count). The Labute approximate surface area is 160 Å². The van der Waals surface area contributed by atoms with Crippen LogP contribution in [0.2, 0.25) is 0 Å². The van der Waals surface area contributed by atoms with Crippen LogP contribution in [0.5, 0.6) is 0 Å². The molecule has 132 valence electrons. The van der Waals surface area contributed by atoms with Crippen LogP contribution in [0.1, 0.15) is 36.1 Å². The fourth-order valence-electron chi connectivity index (χ4n) is 4.68. The smallest absolute Gasteiger partial charge is 0.0705 e. The van der Waals surface area contributed by atoms with Crippen LogP contribution in [0.4, 0.5) is 0 Å². The molecule has 0 saturated carbocycles. The summed E-state index contributed by atoms with van der Waals surface area (Å²) >= 11 is 0. The minimum absolute atomic E-state index is 0.0226. The Morgan fingerprint density at radius 1 is 0.778 bits per heavy atom. The molecular weight excluding hydrogens is 326 g/mol. The second kappa shape index (κ2) is 5.53. The molecule has 0 aliphatic heterocycles. The molecule has 1 aliphatic rings. The normalized spacial score (nSPS) is 14.2. The summed E-state index contributed by atoms with van der Waals surface area (Å²) in [6.45, 7) is 8.96. The van der Waals surface area contributed by atoms with Crippen LogP contribution in [0.15, 0.2) is 66.9 Å². The van der Waals surface area contributed by atoms with Gasteiger partial charge >= 0.3 is 0 Å². The molecule has 0 bridgehead atoms. The topological polar surface area (TPSA) is 12.9 Å². The number of fused-ring (bicyclic) bond motifs is 5. The highest BCUT2D eigenvalue weighted by Crippen LogP contribution is 2.51. The number of benzene rings is 3. The number of pyridine rings is 1. The zero-order chi connectivity index (χ0) is 18.8. The third-order valence-corrected chi connectivity index (χ3v) is 5.97. The number of aryl methyl sites for hydroxylation is 2. The predicted octanol–water partition coefficient (Wildman–Crippen LogP) is 6.82. The molecule has 1 heterocycles. The Bertz CT molecular complexity index is 1190. The fourth-order valence-corrected chi connectivity index (χ4v) is 4.68. The molecule has 3 aromatic carbocycles. The first-order valence-electron chi connectivity index (χ1n) is 9.57. The van der Waals surface area contributed by atoms with E-state index in [2.05, 4.69) is 94.6 Å². The minimum atomic E-state index is -0.0226. The van der Waals surface area contributed by atoms with Crippen molar-refractivity contribution in [3.8, 4) is 22.4 Å². The summed E-state index contributed by atoms with van der Waals surface area (Å²) in [5, 5.41) is 2.61. The van der Waals surface area contributed by atoms with Crippen LogP contribution in [0, 0.1) is 13.8 Å². The Balaban J connectivity index is 1.78. The molecule has 0 atom stereocenters. The van der Waals surface area contributed by atoms with E-state index in [1.165, 1.54) is 49.7 Å². The van der Waals surface area contributed by atoms with Crippen molar-refractivity contribution in [2.75, 3.05) is 0 Å². The van der Waals surface area contributed by atoms with Gasteiger partial charge in [-0.2, -0.15) is 0 Å². The van der Waals surface area contributed by atoms with E-state index in [0.29, 0.717) is 0 Å². The van der Waals surface area contributed by atoms with Gasteiger partial charge in [0.25, 0.3) is 0 Å². The van der Waals surface area contributed by atoms with E-state index in [1.54, 1.807) is 0 Å². The van der Waals surface area contributed by atoms with Gasteiger partial charge in [-0.25, -0.2) is 0 Å². The van der Waals surface area contributed by atoms with Crippen molar-refractivity contribution < 1.29 is 0 Å². The first-order chi connectivity index (χ1) is 12.9. The van der Waals surface area contributed by atoms with Crippen LogP contribution in [-0.2, 0) is 5.41 Å². The summed E-state index contributed by atoms with van der Waals surface area (Å²) in [4.78, 5) is 4.87. The average Bonchev–Trinajstić information content (AvgIpc) is 2.88. The van der Waals surface area contributed by atoms with E-state index < -0.39 is 0 Å². The van der Waals surface area contributed by atoms with Crippen LogP contribution in [0.25, 0.3) is 33.2 Å². The van der Waals surface area contributed by atoms with Crippen LogP contribution >= 0.6 is 0 Å². The summed E-state index contributed by atoms with van der Waals surface area (Å²) in [5.41, 5.74) is 10.2. The van der Waals surface area contributed by atoms with Crippen LogP contribution in [0.3, 0.4) is 0 Å². The van der Waals surface area contributed by atoms with Crippen molar-refractivity contribution in [3.63, 3.8) is 0 Å². The summed E-state index contributed by atoms with van der Waals surface area (Å²) in [6, 6.07) is 22.2. The summed E-state index contributed by atoms with van der Waals surface area (Å²) in [7, 11) is 0. The zero-order valence-corrected chi connectivity index (χ0v) is 16.3. The van der Waals surface area contributed by atoms with Gasteiger partial charge in [0.15, 0.2) is 0 Å².